The van der Waals surface area contributed by atoms with Gasteiger partial charge in [-0.2, -0.15) is 0 Å². The first kappa shape index (κ1) is 24.7. The zero-order valence-corrected chi connectivity index (χ0v) is 23.1. The summed E-state index contributed by atoms with van der Waals surface area (Å²) >= 11 is 10.0. The molecule has 1 aliphatic heterocycles. The van der Waals surface area contributed by atoms with E-state index in [4.69, 9.17) is 20.8 Å². The summed E-state index contributed by atoms with van der Waals surface area (Å²) < 4.78 is 14.4. The molecule has 36 heavy (non-hydrogen) atoms. The largest absolute Gasteiger partial charge is 0.463 e. The van der Waals surface area contributed by atoms with Crippen LogP contribution in [-0.2, 0) is 9.53 Å². The number of hydrogen-bond donors (Lipinski definition) is 0. The average Bonchev–Trinajstić information content (AvgIpc) is 3.44. The molecule has 0 aliphatic carbocycles. The second kappa shape index (κ2) is 10.2. The Balaban J connectivity index is 1.65. The van der Waals surface area contributed by atoms with E-state index >= 15 is 0 Å². The summed E-state index contributed by atoms with van der Waals surface area (Å²) in [4.78, 5) is 31.7. The summed E-state index contributed by atoms with van der Waals surface area (Å²) in [6, 6.07) is 18.1. The Hall–Kier alpha value is -2.95. The van der Waals surface area contributed by atoms with Gasteiger partial charge in [0.2, 0.25) is 0 Å². The maximum atomic E-state index is 13.7. The van der Waals surface area contributed by atoms with Gasteiger partial charge in [0, 0.05) is 20.2 Å². The number of aromatic nitrogens is 1. The van der Waals surface area contributed by atoms with E-state index in [1.54, 1.807) is 32.1 Å². The molecule has 0 saturated carbocycles. The summed E-state index contributed by atoms with van der Waals surface area (Å²) in [6.07, 6.45) is 1.70. The first-order chi connectivity index (χ1) is 17.4. The third-order valence-electron chi connectivity index (χ3n) is 5.75. The van der Waals surface area contributed by atoms with Crippen molar-refractivity contribution in [3.63, 3.8) is 0 Å². The van der Waals surface area contributed by atoms with Gasteiger partial charge in [-0.1, -0.05) is 53.3 Å². The minimum Gasteiger partial charge on any atom is -0.463 e. The Morgan fingerprint density at radius 1 is 1.19 bits per heavy atom. The molecule has 0 bridgehead atoms. The van der Waals surface area contributed by atoms with Crippen molar-refractivity contribution in [3.05, 3.63) is 112 Å². The lowest BCUT2D eigenvalue weighted by Crippen LogP contribution is -2.40. The molecular formula is C27H20ClIN2O4S. The molecule has 0 unspecified atom stereocenters. The third-order valence-corrected chi connectivity index (χ3v) is 7.79. The molecule has 182 valence electrons. The molecule has 2 aromatic heterocycles. The van der Waals surface area contributed by atoms with Gasteiger partial charge in [-0.3, -0.25) is 9.36 Å². The molecule has 0 radical (unpaired) electrons. The molecule has 9 heteroatoms. The van der Waals surface area contributed by atoms with Crippen LogP contribution >= 0.6 is 45.5 Å². The molecule has 0 spiro atoms. The normalized spacial score (nSPS) is 15.6. The highest BCUT2D eigenvalue weighted by molar-refractivity contribution is 14.1. The first-order valence-corrected chi connectivity index (χ1v) is 13.4. The first-order valence-electron chi connectivity index (χ1n) is 11.2. The van der Waals surface area contributed by atoms with E-state index in [1.807, 2.05) is 48.5 Å². The minimum atomic E-state index is -0.755. The van der Waals surface area contributed by atoms with Gasteiger partial charge >= 0.3 is 5.97 Å². The molecule has 3 heterocycles. The molecule has 0 saturated heterocycles. The predicted octanol–water partition coefficient (Wildman–Crippen LogP) is 5.32. The van der Waals surface area contributed by atoms with Crippen molar-refractivity contribution in [1.29, 1.82) is 0 Å². The number of fused-ring (bicyclic) bond motifs is 1. The molecular weight excluding hydrogens is 611 g/mol. The van der Waals surface area contributed by atoms with E-state index in [1.165, 1.54) is 15.9 Å². The number of halogens is 2. The fourth-order valence-electron chi connectivity index (χ4n) is 4.11. The second-order valence-corrected chi connectivity index (χ2v) is 10.7. The molecule has 0 fully saturated rings. The molecule has 0 N–H and O–H groups in total. The molecule has 5 rings (SSSR count). The van der Waals surface area contributed by atoms with Gasteiger partial charge in [-0.05, 0) is 72.3 Å². The number of allylic oxidation sites excluding steroid dienone is 1. The standard InChI is InChI=1S/C27H20ClIN2O4S/c1-3-34-26(33)23-15(2)30-27-31(24(23)19-6-4-5-7-20(19)28)25(32)22(36-27)14-18-12-13-21(35-18)16-8-10-17(29)11-9-16/h4-14,24H,3H2,1-2H3/b22-14-/t24-/m1/s1. The maximum Gasteiger partial charge on any atom is 0.338 e. The van der Waals surface area contributed by atoms with E-state index in [2.05, 4.69) is 27.6 Å². The van der Waals surface area contributed by atoms with Gasteiger partial charge in [0.15, 0.2) is 4.80 Å². The summed E-state index contributed by atoms with van der Waals surface area (Å²) in [5.41, 5.74) is 2.08. The van der Waals surface area contributed by atoms with E-state index in [9.17, 15) is 9.59 Å². The average molecular weight is 631 g/mol. The molecule has 1 atom stereocenters. The topological polar surface area (TPSA) is 73.8 Å². The molecule has 1 aliphatic rings. The van der Waals surface area contributed by atoms with Crippen molar-refractivity contribution in [3.8, 4) is 11.3 Å². The number of carbonyl (C=O) groups is 1. The molecule has 6 nitrogen and oxygen atoms in total. The van der Waals surface area contributed by atoms with Gasteiger partial charge in [-0.15, -0.1) is 0 Å². The summed E-state index contributed by atoms with van der Waals surface area (Å²) in [5, 5.41) is 0.446. The lowest BCUT2D eigenvalue weighted by Gasteiger charge is -2.25. The van der Waals surface area contributed by atoms with Crippen molar-refractivity contribution < 1.29 is 13.9 Å². The molecule has 0 amide bonds. The van der Waals surface area contributed by atoms with Gasteiger partial charge in [0.05, 0.1) is 22.4 Å². The van der Waals surface area contributed by atoms with Crippen molar-refractivity contribution >= 4 is 57.6 Å². The van der Waals surface area contributed by atoms with E-state index in [0.717, 1.165) is 9.13 Å². The Labute approximate surface area is 229 Å². The number of furan rings is 1. The van der Waals surface area contributed by atoms with Gasteiger partial charge in [-0.25, -0.2) is 9.79 Å². The van der Waals surface area contributed by atoms with Gasteiger partial charge in [0.25, 0.3) is 5.56 Å². The highest BCUT2D eigenvalue weighted by Crippen LogP contribution is 2.34. The zero-order valence-electron chi connectivity index (χ0n) is 19.3. The molecule has 2 aromatic carbocycles. The van der Waals surface area contributed by atoms with E-state index < -0.39 is 12.0 Å². The smallest absolute Gasteiger partial charge is 0.338 e. The summed E-state index contributed by atoms with van der Waals surface area (Å²) in [7, 11) is 0. The number of rotatable bonds is 5. The Bertz CT molecular complexity index is 1680. The number of ether oxygens (including phenoxy) is 1. The fourth-order valence-corrected chi connectivity index (χ4v) is 5.74. The van der Waals surface area contributed by atoms with Gasteiger partial charge < -0.3 is 9.15 Å². The highest BCUT2D eigenvalue weighted by atomic mass is 127. The minimum absolute atomic E-state index is 0.205. The Morgan fingerprint density at radius 3 is 2.67 bits per heavy atom. The van der Waals surface area contributed by atoms with E-state index in [-0.39, 0.29) is 12.2 Å². The third kappa shape index (κ3) is 4.60. The summed E-state index contributed by atoms with van der Waals surface area (Å²) in [5.74, 6) is 0.732. The van der Waals surface area contributed by atoms with Crippen LogP contribution in [0.15, 0.2) is 86.1 Å². The Morgan fingerprint density at radius 2 is 1.94 bits per heavy atom. The number of thiazole rings is 1. The Kier molecular flexibility index (Phi) is 7.00. The monoisotopic (exact) mass is 630 g/mol. The number of esters is 1. The van der Waals surface area contributed by atoms with Crippen LogP contribution in [0.5, 0.6) is 0 Å². The van der Waals surface area contributed by atoms with Crippen LogP contribution in [0.3, 0.4) is 0 Å². The van der Waals surface area contributed by atoms with Crippen LogP contribution in [0.4, 0.5) is 0 Å². The van der Waals surface area contributed by atoms with Gasteiger partial charge in [0.1, 0.15) is 17.6 Å². The van der Waals surface area contributed by atoms with Crippen molar-refractivity contribution in [1.82, 2.24) is 4.57 Å². The highest BCUT2D eigenvalue weighted by Gasteiger charge is 2.34. The predicted molar refractivity (Wildman–Crippen MR) is 149 cm³/mol. The lowest BCUT2D eigenvalue weighted by molar-refractivity contribution is -0.139. The quantitative estimate of drug-likeness (QED) is 0.221. The van der Waals surface area contributed by atoms with Crippen molar-refractivity contribution in [2.45, 2.75) is 19.9 Å². The fraction of sp³-hybridized carbons (Fsp3) is 0.148. The van der Waals surface area contributed by atoms with Crippen LogP contribution in [0.1, 0.15) is 31.2 Å². The number of carbonyl (C=O) groups excluding carboxylic acids is 1. The van der Waals surface area contributed by atoms with Crippen molar-refractivity contribution in [2.75, 3.05) is 6.61 Å². The number of hydrogen-bond acceptors (Lipinski definition) is 6. The van der Waals surface area contributed by atoms with Crippen LogP contribution in [-0.4, -0.2) is 17.1 Å². The number of nitrogens with zero attached hydrogens (tertiary/aromatic N) is 2. The maximum absolute atomic E-state index is 13.7. The van der Waals surface area contributed by atoms with Crippen LogP contribution in [0.25, 0.3) is 17.4 Å². The molecule has 4 aromatic rings. The van der Waals surface area contributed by atoms with Crippen LogP contribution in [0.2, 0.25) is 5.02 Å². The zero-order chi connectivity index (χ0) is 25.4. The lowest BCUT2D eigenvalue weighted by atomic mass is 9.96. The van der Waals surface area contributed by atoms with Crippen LogP contribution < -0.4 is 14.9 Å². The SMILES string of the molecule is CCOC(=O)C1=C(C)N=c2s/c(=C\c3ccc(-c4ccc(I)cc4)o3)c(=O)n2[C@@H]1c1ccccc1Cl. The summed E-state index contributed by atoms with van der Waals surface area (Å²) in [6.45, 7) is 3.69. The van der Waals surface area contributed by atoms with E-state index in [0.29, 0.717) is 42.7 Å². The number of benzene rings is 2. The van der Waals surface area contributed by atoms with Crippen LogP contribution in [0, 0.1) is 3.57 Å². The van der Waals surface area contributed by atoms with Crippen molar-refractivity contribution in [2.24, 2.45) is 4.99 Å². The second-order valence-electron chi connectivity index (χ2n) is 8.03.